The molecule has 0 saturated heterocycles. The zero-order valence-electron chi connectivity index (χ0n) is 16.4. The molecule has 0 spiro atoms. The molecule has 0 saturated carbocycles. The second-order valence-corrected chi connectivity index (χ2v) is 9.66. The van der Waals surface area contributed by atoms with Crippen LogP contribution in [0.15, 0.2) is 35.5 Å². The van der Waals surface area contributed by atoms with Crippen LogP contribution < -0.4 is 0 Å². The molecule has 0 radical (unpaired) electrons. The van der Waals surface area contributed by atoms with E-state index in [0.29, 0.717) is 11.3 Å². The Morgan fingerprint density at radius 3 is 2.81 bits per heavy atom. The lowest BCUT2D eigenvalue weighted by Gasteiger charge is -2.33. The first-order valence-corrected chi connectivity index (χ1v) is 10.3. The van der Waals surface area contributed by atoms with E-state index in [2.05, 4.69) is 68.9 Å². The van der Waals surface area contributed by atoms with Gasteiger partial charge in [-0.3, -0.25) is 0 Å². The van der Waals surface area contributed by atoms with E-state index in [1.165, 1.54) is 21.3 Å². The fourth-order valence-corrected chi connectivity index (χ4v) is 5.34. The van der Waals surface area contributed by atoms with Gasteiger partial charge in [-0.05, 0) is 42.2 Å². The third-order valence-electron chi connectivity index (χ3n) is 5.83. The van der Waals surface area contributed by atoms with Gasteiger partial charge < -0.3 is 4.57 Å². The minimum atomic E-state index is 0.306. The molecule has 3 aromatic rings. The molecule has 1 aliphatic rings. The van der Waals surface area contributed by atoms with Crippen LogP contribution in [0.3, 0.4) is 0 Å². The number of thiophene rings is 1. The third kappa shape index (κ3) is 3.21. The molecule has 2 aromatic heterocycles. The van der Waals surface area contributed by atoms with Crippen molar-refractivity contribution in [2.24, 2.45) is 23.4 Å². The summed E-state index contributed by atoms with van der Waals surface area (Å²) >= 11 is 1.71. The second-order valence-electron chi connectivity index (χ2n) is 8.57. The van der Waals surface area contributed by atoms with E-state index in [9.17, 15) is 5.26 Å². The van der Waals surface area contributed by atoms with Crippen LogP contribution >= 0.6 is 11.3 Å². The molecule has 1 atom stereocenters. The van der Waals surface area contributed by atoms with E-state index >= 15 is 0 Å². The smallest absolute Gasteiger partial charge is 0.134 e. The minimum Gasteiger partial charge on any atom is -0.350 e. The van der Waals surface area contributed by atoms with Gasteiger partial charge in [-0.2, -0.15) is 5.26 Å². The summed E-state index contributed by atoms with van der Waals surface area (Å²) in [5, 5.41) is 11.8. The van der Waals surface area contributed by atoms with Gasteiger partial charge in [-0.1, -0.05) is 39.0 Å². The van der Waals surface area contributed by atoms with Crippen molar-refractivity contribution in [3.05, 3.63) is 52.0 Å². The summed E-state index contributed by atoms with van der Waals surface area (Å²) in [6.07, 6.45) is 7.25. The second kappa shape index (κ2) is 6.65. The Morgan fingerprint density at radius 1 is 1.30 bits per heavy atom. The number of para-hydroxylation sites is 1. The predicted octanol–water partition coefficient (Wildman–Crippen LogP) is 6.01. The van der Waals surface area contributed by atoms with Crippen molar-refractivity contribution >= 4 is 33.5 Å². The van der Waals surface area contributed by atoms with Crippen LogP contribution in [-0.4, -0.2) is 10.8 Å². The third-order valence-corrected chi connectivity index (χ3v) is 6.99. The molecule has 27 heavy (non-hydrogen) atoms. The lowest BCUT2D eigenvalue weighted by molar-refractivity contribution is 0.218. The van der Waals surface area contributed by atoms with Crippen LogP contribution in [0, 0.1) is 22.7 Å². The van der Waals surface area contributed by atoms with Gasteiger partial charge in [0.05, 0.1) is 5.56 Å². The van der Waals surface area contributed by atoms with Crippen molar-refractivity contribution in [2.75, 3.05) is 0 Å². The number of hydrogen-bond donors (Lipinski definition) is 0. The average molecular weight is 376 g/mol. The zero-order valence-corrected chi connectivity index (χ0v) is 17.2. The Kier molecular flexibility index (Phi) is 4.44. The first-order valence-electron chi connectivity index (χ1n) is 9.51. The molecule has 4 heteroatoms. The van der Waals surface area contributed by atoms with Crippen molar-refractivity contribution in [1.29, 1.82) is 5.26 Å². The van der Waals surface area contributed by atoms with Crippen LogP contribution in [0.5, 0.6) is 0 Å². The van der Waals surface area contributed by atoms with Gasteiger partial charge >= 0.3 is 0 Å². The number of aromatic nitrogens is 1. The van der Waals surface area contributed by atoms with E-state index < -0.39 is 0 Å². The molecule has 0 fully saturated rings. The standard InChI is InChI=1S/C23H25N3S/c1-23(2,3)16-9-10-18-19(12-24)22(27-21(18)11-16)25-13-15-14-26(4)20-8-6-5-7-17(15)20/h5-8,13-14,16H,9-11H2,1-4H3/t16-/m1/s1. The van der Waals surface area contributed by atoms with Gasteiger partial charge in [-0.15, -0.1) is 11.3 Å². The quantitative estimate of drug-likeness (QED) is 0.505. The number of aryl methyl sites for hydroxylation is 1. The number of benzene rings is 1. The van der Waals surface area contributed by atoms with Gasteiger partial charge in [0.15, 0.2) is 0 Å². The molecule has 4 rings (SSSR count). The van der Waals surface area contributed by atoms with Gasteiger partial charge in [0.2, 0.25) is 0 Å². The Labute approximate surface area is 165 Å². The first-order chi connectivity index (χ1) is 12.9. The summed E-state index contributed by atoms with van der Waals surface area (Å²) in [6.45, 7) is 6.96. The van der Waals surface area contributed by atoms with E-state index in [0.717, 1.165) is 35.4 Å². The maximum absolute atomic E-state index is 9.74. The van der Waals surface area contributed by atoms with Gasteiger partial charge in [0, 0.05) is 40.8 Å². The molecule has 138 valence electrons. The normalized spacial score (nSPS) is 17.4. The van der Waals surface area contributed by atoms with E-state index in [-0.39, 0.29) is 0 Å². The van der Waals surface area contributed by atoms with Gasteiger partial charge in [-0.25, -0.2) is 4.99 Å². The Balaban J connectivity index is 1.70. The first kappa shape index (κ1) is 18.0. The summed E-state index contributed by atoms with van der Waals surface area (Å²) < 4.78 is 2.12. The summed E-state index contributed by atoms with van der Waals surface area (Å²) in [5.74, 6) is 0.671. The summed E-state index contributed by atoms with van der Waals surface area (Å²) in [6, 6.07) is 10.8. The van der Waals surface area contributed by atoms with Crippen LogP contribution in [-0.2, 0) is 19.9 Å². The molecule has 0 bridgehead atoms. The molecular weight excluding hydrogens is 350 g/mol. The van der Waals surface area contributed by atoms with Crippen LogP contribution in [0.25, 0.3) is 10.9 Å². The fourth-order valence-electron chi connectivity index (χ4n) is 4.12. The summed E-state index contributed by atoms with van der Waals surface area (Å²) in [5.41, 5.74) is 4.63. The van der Waals surface area contributed by atoms with Crippen molar-refractivity contribution in [1.82, 2.24) is 4.57 Å². The topological polar surface area (TPSA) is 41.1 Å². The summed E-state index contributed by atoms with van der Waals surface area (Å²) in [4.78, 5) is 6.12. The highest BCUT2D eigenvalue weighted by molar-refractivity contribution is 7.16. The minimum absolute atomic E-state index is 0.306. The number of hydrogen-bond acceptors (Lipinski definition) is 3. The van der Waals surface area contributed by atoms with E-state index in [1.54, 1.807) is 11.3 Å². The van der Waals surface area contributed by atoms with Crippen LogP contribution in [0.1, 0.15) is 48.8 Å². The maximum Gasteiger partial charge on any atom is 0.134 e. The highest BCUT2D eigenvalue weighted by atomic mass is 32.1. The number of aliphatic imine (C=N–C) groups is 1. The molecule has 0 N–H and O–H groups in total. The average Bonchev–Trinajstić information content (AvgIpc) is 3.16. The largest absolute Gasteiger partial charge is 0.350 e. The molecule has 2 heterocycles. The highest BCUT2D eigenvalue weighted by Gasteiger charge is 2.32. The molecule has 0 amide bonds. The van der Waals surface area contributed by atoms with E-state index in [4.69, 9.17) is 4.99 Å². The number of nitrogens with zero attached hydrogens (tertiary/aromatic N) is 3. The number of fused-ring (bicyclic) bond motifs is 2. The SMILES string of the molecule is Cn1cc(C=Nc2sc3c(c2C#N)CC[C@@H](C(C)(C)C)C3)c2ccccc21. The molecular formula is C23H25N3S. The highest BCUT2D eigenvalue weighted by Crippen LogP contribution is 2.44. The molecule has 1 aromatic carbocycles. The van der Waals surface area contributed by atoms with Crippen LogP contribution in [0.4, 0.5) is 5.00 Å². The predicted molar refractivity (Wildman–Crippen MR) is 114 cm³/mol. The maximum atomic E-state index is 9.74. The number of nitriles is 1. The Bertz CT molecular complexity index is 1070. The van der Waals surface area contributed by atoms with Gasteiger partial charge in [0.1, 0.15) is 11.1 Å². The van der Waals surface area contributed by atoms with Crippen molar-refractivity contribution in [2.45, 2.75) is 40.0 Å². The molecule has 3 nitrogen and oxygen atoms in total. The molecule has 1 aliphatic carbocycles. The molecule has 0 unspecified atom stereocenters. The lowest BCUT2D eigenvalue weighted by Crippen LogP contribution is -2.26. The lowest BCUT2D eigenvalue weighted by atomic mass is 9.72. The Hall–Kier alpha value is -2.38. The van der Waals surface area contributed by atoms with Crippen molar-refractivity contribution < 1.29 is 0 Å². The van der Waals surface area contributed by atoms with Crippen LogP contribution in [0.2, 0.25) is 0 Å². The monoisotopic (exact) mass is 375 g/mol. The van der Waals surface area contributed by atoms with Crippen molar-refractivity contribution in [3.8, 4) is 6.07 Å². The Morgan fingerprint density at radius 2 is 2.07 bits per heavy atom. The number of rotatable bonds is 2. The van der Waals surface area contributed by atoms with Gasteiger partial charge in [0.25, 0.3) is 0 Å². The zero-order chi connectivity index (χ0) is 19.2. The van der Waals surface area contributed by atoms with Crippen molar-refractivity contribution in [3.63, 3.8) is 0 Å². The van der Waals surface area contributed by atoms with E-state index in [1.807, 2.05) is 6.21 Å². The summed E-state index contributed by atoms with van der Waals surface area (Å²) in [7, 11) is 2.05. The fraction of sp³-hybridized carbons (Fsp3) is 0.391. The molecule has 0 aliphatic heterocycles.